The number of halogens is 1. The molecule has 0 spiro atoms. The normalized spacial score (nSPS) is 16.2. The summed E-state index contributed by atoms with van der Waals surface area (Å²) in [5.41, 5.74) is 3.65. The van der Waals surface area contributed by atoms with Crippen LogP contribution in [-0.2, 0) is 17.7 Å². The Morgan fingerprint density at radius 3 is 2.72 bits per heavy atom. The largest absolute Gasteiger partial charge is 0.493 e. The number of benzene rings is 2. The van der Waals surface area contributed by atoms with Crippen molar-refractivity contribution in [3.8, 4) is 5.75 Å². The third kappa shape index (κ3) is 7.85. The van der Waals surface area contributed by atoms with E-state index in [9.17, 15) is 0 Å². The molecule has 1 fully saturated rings. The Morgan fingerprint density at radius 1 is 1.17 bits per heavy atom. The minimum atomic E-state index is 0. The van der Waals surface area contributed by atoms with Crippen LogP contribution in [0.2, 0.25) is 0 Å². The molecule has 1 heterocycles. The smallest absolute Gasteiger partial charge is 0.191 e. The molecule has 0 saturated carbocycles. The van der Waals surface area contributed by atoms with Gasteiger partial charge < -0.3 is 20.1 Å². The minimum Gasteiger partial charge on any atom is -0.493 e. The Bertz CT molecular complexity index is 762. The van der Waals surface area contributed by atoms with Crippen LogP contribution in [0.4, 0.5) is 0 Å². The first-order chi connectivity index (χ1) is 13.7. The van der Waals surface area contributed by atoms with E-state index in [1.54, 1.807) is 7.05 Å². The SMILES string of the molecule is CN=C(NCCc1ccccc1)NCc1ccc(C)cc1OCC1CCOC1.I. The molecule has 1 aliphatic heterocycles. The van der Waals surface area contributed by atoms with E-state index in [0.29, 0.717) is 19.1 Å². The van der Waals surface area contributed by atoms with Crippen LogP contribution in [0, 0.1) is 12.8 Å². The van der Waals surface area contributed by atoms with E-state index in [1.165, 1.54) is 11.1 Å². The standard InChI is InChI=1S/C23H31N3O2.HI/c1-18-8-9-21(22(14-18)28-17-20-11-13-27-16-20)15-26-23(24-2)25-12-10-19-6-4-3-5-7-19;/h3-9,14,20H,10-13,15-17H2,1-2H3,(H2,24,25,26);1H. The number of aliphatic imine (C=N–C) groups is 1. The number of rotatable bonds is 8. The summed E-state index contributed by atoms with van der Waals surface area (Å²) in [5.74, 6) is 2.24. The zero-order valence-corrected chi connectivity index (χ0v) is 19.6. The lowest BCUT2D eigenvalue weighted by Gasteiger charge is -2.17. The van der Waals surface area contributed by atoms with E-state index in [1.807, 2.05) is 6.07 Å². The van der Waals surface area contributed by atoms with Crippen molar-refractivity contribution in [1.82, 2.24) is 10.6 Å². The molecule has 0 bridgehead atoms. The molecule has 2 N–H and O–H groups in total. The highest BCUT2D eigenvalue weighted by Crippen LogP contribution is 2.22. The van der Waals surface area contributed by atoms with Crippen LogP contribution in [-0.4, -0.2) is 39.4 Å². The van der Waals surface area contributed by atoms with Crippen LogP contribution < -0.4 is 15.4 Å². The molecule has 0 aliphatic carbocycles. The van der Waals surface area contributed by atoms with Crippen LogP contribution in [0.25, 0.3) is 0 Å². The molecular formula is C23H32IN3O2. The van der Waals surface area contributed by atoms with Gasteiger partial charge in [-0.1, -0.05) is 42.5 Å². The number of hydrogen-bond acceptors (Lipinski definition) is 3. The van der Waals surface area contributed by atoms with E-state index < -0.39 is 0 Å². The number of nitrogens with zero attached hydrogens (tertiary/aromatic N) is 1. The number of ether oxygens (including phenoxy) is 2. The first-order valence-electron chi connectivity index (χ1n) is 10.0. The van der Waals surface area contributed by atoms with Crippen LogP contribution in [0.3, 0.4) is 0 Å². The summed E-state index contributed by atoms with van der Waals surface area (Å²) in [6, 6.07) is 16.8. The molecule has 6 heteroatoms. The predicted octanol–water partition coefficient (Wildman–Crippen LogP) is 3.94. The fraction of sp³-hybridized carbons (Fsp3) is 0.435. The molecule has 3 rings (SSSR count). The van der Waals surface area contributed by atoms with Gasteiger partial charge >= 0.3 is 0 Å². The molecule has 1 saturated heterocycles. The number of hydrogen-bond donors (Lipinski definition) is 2. The maximum absolute atomic E-state index is 6.13. The summed E-state index contributed by atoms with van der Waals surface area (Å²) in [4.78, 5) is 4.33. The zero-order valence-electron chi connectivity index (χ0n) is 17.3. The topological polar surface area (TPSA) is 54.9 Å². The van der Waals surface area contributed by atoms with E-state index in [-0.39, 0.29) is 24.0 Å². The molecule has 1 atom stereocenters. The van der Waals surface area contributed by atoms with Gasteiger partial charge in [-0.2, -0.15) is 0 Å². The Balaban J connectivity index is 0.00000300. The van der Waals surface area contributed by atoms with Gasteiger partial charge in [0.1, 0.15) is 5.75 Å². The molecule has 29 heavy (non-hydrogen) atoms. The lowest BCUT2D eigenvalue weighted by molar-refractivity contribution is 0.166. The lowest BCUT2D eigenvalue weighted by Crippen LogP contribution is -2.38. The highest BCUT2D eigenvalue weighted by molar-refractivity contribution is 14.0. The van der Waals surface area contributed by atoms with Gasteiger partial charge in [0.15, 0.2) is 5.96 Å². The predicted molar refractivity (Wildman–Crippen MR) is 129 cm³/mol. The molecular weight excluding hydrogens is 477 g/mol. The monoisotopic (exact) mass is 509 g/mol. The summed E-state index contributed by atoms with van der Waals surface area (Å²) in [6.45, 7) is 5.95. The van der Waals surface area contributed by atoms with Crippen molar-refractivity contribution in [2.45, 2.75) is 26.3 Å². The molecule has 1 aliphatic rings. The van der Waals surface area contributed by atoms with Crippen molar-refractivity contribution in [3.63, 3.8) is 0 Å². The van der Waals surface area contributed by atoms with E-state index in [2.05, 4.69) is 65.0 Å². The second-order valence-corrected chi connectivity index (χ2v) is 7.24. The van der Waals surface area contributed by atoms with Gasteiger partial charge in [0.05, 0.1) is 13.2 Å². The van der Waals surface area contributed by atoms with Crippen LogP contribution in [0.15, 0.2) is 53.5 Å². The Morgan fingerprint density at radius 2 is 2.00 bits per heavy atom. The maximum Gasteiger partial charge on any atom is 0.191 e. The molecule has 5 nitrogen and oxygen atoms in total. The highest BCUT2D eigenvalue weighted by Gasteiger charge is 2.17. The van der Waals surface area contributed by atoms with Crippen molar-refractivity contribution in [1.29, 1.82) is 0 Å². The quantitative estimate of drug-likeness (QED) is 0.322. The van der Waals surface area contributed by atoms with Gasteiger partial charge in [0.2, 0.25) is 0 Å². The first kappa shape index (κ1) is 23.5. The lowest BCUT2D eigenvalue weighted by atomic mass is 10.1. The fourth-order valence-electron chi connectivity index (χ4n) is 3.23. The summed E-state index contributed by atoms with van der Waals surface area (Å²) in [6.07, 6.45) is 2.04. The third-order valence-corrected chi connectivity index (χ3v) is 4.94. The average molecular weight is 509 g/mol. The van der Waals surface area contributed by atoms with Crippen molar-refractivity contribution < 1.29 is 9.47 Å². The minimum absolute atomic E-state index is 0. The van der Waals surface area contributed by atoms with Crippen LogP contribution in [0.5, 0.6) is 5.75 Å². The Kier molecular flexibility index (Phi) is 10.3. The van der Waals surface area contributed by atoms with Crippen LogP contribution in [0.1, 0.15) is 23.1 Å². The molecule has 1 unspecified atom stereocenters. The van der Waals surface area contributed by atoms with E-state index in [4.69, 9.17) is 9.47 Å². The van der Waals surface area contributed by atoms with Gasteiger partial charge in [-0.15, -0.1) is 24.0 Å². The Hall–Kier alpha value is -1.80. The molecule has 2 aromatic rings. The molecule has 0 radical (unpaired) electrons. The van der Waals surface area contributed by atoms with E-state index in [0.717, 1.165) is 49.9 Å². The Labute approximate surface area is 191 Å². The van der Waals surface area contributed by atoms with Crippen molar-refractivity contribution in [3.05, 3.63) is 65.2 Å². The van der Waals surface area contributed by atoms with Crippen molar-refractivity contribution in [2.75, 3.05) is 33.4 Å². The molecule has 158 valence electrons. The molecule has 0 aromatic heterocycles. The number of guanidine groups is 1. The van der Waals surface area contributed by atoms with Gasteiger partial charge in [-0.05, 0) is 37.0 Å². The summed E-state index contributed by atoms with van der Waals surface area (Å²) in [5, 5.41) is 6.77. The van der Waals surface area contributed by atoms with Crippen LogP contribution >= 0.6 is 24.0 Å². The van der Waals surface area contributed by atoms with Crippen molar-refractivity contribution in [2.24, 2.45) is 10.9 Å². The summed E-state index contributed by atoms with van der Waals surface area (Å²) in [7, 11) is 1.80. The van der Waals surface area contributed by atoms with Gasteiger partial charge in [0, 0.05) is 38.2 Å². The third-order valence-electron chi connectivity index (χ3n) is 4.94. The average Bonchev–Trinajstić information content (AvgIpc) is 3.24. The maximum atomic E-state index is 6.13. The van der Waals surface area contributed by atoms with Gasteiger partial charge in [-0.3, -0.25) is 4.99 Å². The van der Waals surface area contributed by atoms with Gasteiger partial charge in [-0.25, -0.2) is 0 Å². The second-order valence-electron chi connectivity index (χ2n) is 7.24. The number of aryl methyl sites for hydroxylation is 1. The van der Waals surface area contributed by atoms with E-state index >= 15 is 0 Å². The van der Waals surface area contributed by atoms with Gasteiger partial charge in [0.25, 0.3) is 0 Å². The zero-order chi connectivity index (χ0) is 19.6. The fourth-order valence-corrected chi connectivity index (χ4v) is 3.23. The summed E-state index contributed by atoms with van der Waals surface area (Å²) >= 11 is 0. The highest BCUT2D eigenvalue weighted by atomic mass is 127. The second kappa shape index (κ2) is 12.7. The molecule has 2 aromatic carbocycles. The van der Waals surface area contributed by atoms with Crippen molar-refractivity contribution >= 4 is 29.9 Å². The molecule has 0 amide bonds. The first-order valence-corrected chi connectivity index (χ1v) is 10.0. The number of nitrogens with one attached hydrogen (secondary N) is 2. The summed E-state index contributed by atoms with van der Waals surface area (Å²) < 4.78 is 11.6.